The van der Waals surface area contributed by atoms with Crippen molar-refractivity contribution >= 4 is 8.07 Å². The summed E-state index contributed by atoms with van der Waals surface area (Å²) in [4.78, 5) is 0. The van der Waals surface area contributed by atoms with Crippen LogP contribution in [0.1, 0.15) is 16.7 Å². The van der Waals surface area contributed by atoms with E-state index in [9.17, 15) is 0 Å². The molecule has 33 heavy (non-hydrogen) atoms. The molecule has 3 nitrogen and oxygen atoms in total. The van der Waals surface area contributed by atoms with E-state index < -0.39 is 8.07 Å². The van der Waals surface area contributed by atoms with Crippen molar-refractivity contribution in [1.82, 2.24) is 0 Å². The van der Waals surface area contributed by atoms with Crippen LogP contribution in [0.3, 0.4) is 0 Å². The molecular weight excluding hydrogens is 424 g/mol. The molecular formula is C29H24O3Si. The maximum Gasteiger partial charge on any atom is 0.315 e. The van der Waals surface area contributed by atoms with Crippen molar-refractivity contribution in [2.45, 2.75) is 0 Å². The predicted molar refractivity (Wildman–Crippen MR) is 136 cm³/mol. The van der Waals surface area contributed by atoms with Crippen LogP contribution >= 0.6 is 0 Å². The first kappa shape index (κ1) is 23.4. The number of hydrogen-bond donors (Lipinski definition) is 0. The Kier molecular flexibility index (Phi) is 8.04. The quantitative estimate of drug-likeness (QED) is 0.417. The molecule has 162 valence electrons. The van der Waals surface area contributed by atoms with E-state index in [4.69, 9.17) is 14.2 Å². The highest BCUT2D eigenvalue weighted by Crippen LogP contribution is 2.13. The number of methoxy groups -OCH3 is 3. The van der Waals surface area contributed by atoms with Gasteiger partial charge in [-0.25, -0.2) is 0 Å². The lowest BCUT2D eigenvalue weighted by Gasteiger charge is -2.06. The summed E-state index contributed by atoms with van der Waals surface area (Å²) in [6.07, 6.45) is 0. The van der Waals surface area contributed by atoms with E-state index in [-0.39, 0.29) is 0 Å². The van der Waals surface area contributed by atoms with Crippen LogP contribution in [-0.4, -0.2) is 29.4 Å². The van der Waals surface area contributed by atoms with Crippen molar-refractivity contribution in [3.63, 3.8) is 0 Å². The lowest BCUT2D eigenvalue weighted by Crippen LogP contribution is -2.27. The molecule has 4 heteroatoms. The molecule has 0 amide bonds. The van der Waals surface area contributed by atoms with Gasteiger partial charge in [0.2, 0.25) is 0 Å². The third-order valence-corrected chi connectivity index (χ3v) is 6.96. The summed E-state index contributed by atoms with van der Waals surface area (Å²) >= 11 is 0. The fourth-order valence-corrected chi connectivity index (χ4v) is 4.30. The molecule has 0 fully saturated rings. The topological polar surface area (TPSA) is 27.7 Å². The zero-order valence-electron chi connectivity index (χ0n) is 18.9. The van der Waals surface area contributed by atoms with Gasteiger partial charge < -0.3 is 14.2 Å². The molecule has 0 saturated carbocycles. The Morgan fingerprint density at radius 1 is 0.545 bits per heavy atom. The molecule has 0 aliphatic heterocycles. The van der Waals surface area contributed by atoms with E-state index in [1.807, 2.05) is 78.5 Å². The van der Waals surface area contributed by atoms with E-state index in [2.05, 4.69) is 41.0 Å². The van der Waals surface area contributed by atoms with Crippen molar-refractivity contribution in [2.75, 3.05) is 21.3 Å². The third kappa shape index (κ3) is 6.59. The summed E-state index contributed by atoms with van der Waals surface area (Å²) in [5, 5.41) is 0. The zero-order valence-corrected chi connectivity index (χ0v) is 19.9. The maximum atomic E-state index is 5.23. The molecule has 0 bridgehead atoms. The van der Waals surface area contributed by atoms with Gasteiger partial charge in [-0.3, -0.25) is 0 Å². The van der Waals surface area contributed by atoms with Crippen molar-refractivity contribution < 1.29 is 14.2 Å². The van der Waals surface area contributed by atoms with Gasteiger partial charge in [0.25, 0.3) is 0 Å². The van der Waals surface area contributed by atoms with Crippen LogP contribution in [0.2, 0.25) is 0 Å². The van der Waals surface area contributed by atoms with Gasteiger partial charge in [-0.2, -0.15) is 0 Å². The molecule has 0 saturated heterocycles. The summed E-state index contributed by atoms with van der Waals surface area (Å²) in [5.41, 5.74) is 14.5. The number of benzene rings is 3. The van der Waals surface area contributed by atoms with Gasteiger partial charge in [0, 0.05) is 16.7 Å². The maximum absolute atomic E-state index is 5.23. The lowest BCUT2D eigenvalue weighted by molar-refractivity contribution is 0.414. The molecule has 0 aliphatic rings. The van der Waals surface area contributed by atoms with Crippen molar-refractivity contribution in [3.05, 3.63) is 102 Å². The van der Waals surface area contributed by atoms with Crippen molar-refractivity contribution in [3.8, 4) is 51.6 Å². The molecule has 3 aromatic carbocycles. The Labute approximate surface area is 197 Å². The minimum absolute atomic E-state index is 0.784. The van der Waals surface area contributed by atoms with Gasteiger partial charge in [-0.1, -0.05) is 40.1 Å². The molecule has 0 aliphatic carbocycles. The summed E-state index contributed by atoms with van der Waals surface area (Å²) in [5.74, 6) is 12.1. The second-order valence-corrected chi connectivity index (χ2v) is 9.72. The Morgan fingerprint density at radius 2 is 0.818 bits per heavy atom. The van der Waals surface area contributed by atoms with Crippen molar-refractivity contribution in [2.24, 2.45) is 0 Å². The standard InChI is InChI=1S/C29H24O3Si/c1-5-33(21-18-24-6-12-27(30-2)13-7-24,22-19-25-8-14-28(31-3)15-9-25)23-20-26-10-16-29(32-4)17-11-26/h5-17H,1H2,2-4H3. The molecule has 0 radical (unpaired) electrons. The summed E-state index contributed by atoms with van der Waals surface area (Å²) < 4.78 is 15.7. The first-order valence-corrected chi connectivity index (χ1v) is 12.3. The van der Waals surface area contributed by atoms with Gasteiger partial charge in [-0.15, -0.1) is 6.58 Å². The predicted octanol–water partition coefficient (Wildman–Crippen LogP) is 4.96. The van der Waals surface area contributed by atoms with Crippen LogP contribution in [0.4, 0.5) is 0 Å². The van der Waals surface area contributed by atoms with Crippen molar-refractivity contribution in [1.29, 1.82) is 0 Å². The second-order valence-electron chi connectivity index (χ2n) is 6.95. The van der Waals surface area contributed by atoms with Crippen LogP contribution < -0.4 is 14.2 Å². The molecule has 0 heterocycles. The molecule has 3 rings (SSSR count). The van der Waals surface area contributed by atoms with E-state index in [0.717, 1.165) is 33.9 Å². The Morgan fingerprint density at radius 3 is 1.03 bits per heavy atom. The van der Waals surface area contributed by atoms with E-state index >= 15 is 0 Å². The van der Waals surface area contributed by atoms with Crippen LogP contribution in [0.5, 0.6) is 17.2 Å². The fourth-order valence-electron chi connectivity index (χ4n) is 2.78. The first-order valence-electron chi connectivity index (χ1n) is 10.2. The van der Waals surface area contributed by atoms with Crippen LogP contribution in [-0.2, 0) is 0 Å². The van der Waals surface area contributed by atoms with E-state index in [0.29, 0.717) is 0 Å². The lowest BCUT2D eigenvalue weighted by atomic mass is 10.2. The van der Waals surface area contributed by atoms with Gasteiger partial charge in [0.1, 0.15) is 17.2 Å². The minimum atomic E-state index is -2.80. The molecule has 0 spiro atoms. The van der Waals surface area contributed by atoms with Gasteiger partial charge in [-0.05, 0) is 72.8 Å². The van der Waals surface area contributed by atoms with Crippen LogP contribution in [0.25, 0.3) is 0 Å². The van der Waals surface area contributed by atoms with E-state index in [1.54, 1.807) is 21.3 Å². The van der Waals surface area contributed by atoms with Crippen LogP contribution in [0, 0.1) is 34.4 Å². The minimum Gasteiger partial charge on any atom is -0.497 e. The third-order valence-electron chi connectivity index (χ3n) is 4.79. The SMILES string of the molecule is C=C[Si](C#Cc1ccc(OC)cc1)(C#Cc1ccc(OC)cc1)C#Cc1ccc(OC)cc1. The van der Waals surface area contributed by atoms with Gasteiger partial charge in [0.05, 0.1) is 21.3 Å². The van der Waals surface area contributed by atoms with Gasteiger partial charge >= 0.3 is 8.07 Å². The molecule has 0 unspecified atom stereocenters. The Balaban J connectivity index is 2.01. The van der Waals surface area contributed by atoms with E-state index in [1.165, 1.54) is 0 Å². The monoisotopic (exact) mass is 448 g/mol. The molecule has 3 aromatic rings. The number of ether oxygens (including phenoxy) is 3. The van der Waals surface area contributed by atoms with Gasteiger partial charge in [0.15, 0.2) is 0 Å². The molecule has 0 N–H and O–H groups in total. The first-order chi connectivity index (χ1) is 16.1. The average molecular weight is 449 g/mol. The summed E-state index contributed by atoms with van der Waals surface area (Å²) in [6.45, 7) is 4.05. The highest BCUT2D eigenvalue weighted by atomic mass is 28.3. The molecule has 0 aromatic heterocycles. The number of hydrogen-bond acceptors (Lipinski definition) is 3. The highest BCUT2D eigenvalue weighted by molar-refractivity contribution is 7.04. The fraction of sp³-hybridized carbons (Fsp3) is 0.103. The Hall–Kier alpha value is -4.30. The summed E-state index contributed by atoms with van der Waals surface area (Å²) in [6, 6.07) is 22.8. The van der Waals surface area contributed by atoms with Crippen LogP contribution in [0.15, 0.2) is 85.1 Å². The Bertz CT molecular complexity index is 1110. The molecule has 0 atom stereocenters. The highest BCUT2D eigenvalue weighted by Gasteiger charge is 2.23. The summed E-state index contributed by atoms with van der Waals surface area (Å²) in [7, 11) is 2.12. The number of rotatable bonds is 4. The second kappa shape index (κ2) is 11.4. The zero-order chi connectivity index (χ0) is 23.5. The smallest absolute Gasteiger partial charge is 0.315 e. The average Bonchev–Trinajstić information content (AvgIpc) is 2.89. The largest absolute Gasteiger partial charge is 0.497 e. The normalized spacial score (nSPS) is 9.67.